The molecule has 176 valence electrons. The van der Waals surface area contributed by atoms with Crippen LogP contribution in [0.15, 0.2) is 90.6 Å². The summed E-state index contributed by atoms with van der Waals surface area (Å²) in [6.07, 6.45) is 3.89. The summed E-state index contributed by atoms with van der Waals surface area (Å²) in [6, 6.07) is 21.3. The number of allylic oxidation sites excluding steroid dienone is 1. The van der Waals surface area contributed by atoms with E-state index in [0.29, 0.717) is 47.8 Å². The summed E-state index contributed by atoms with van der Waals surface area (Å²) in [6.45, 7) is 8.62. The molecule has 3 rings (SSSR count). The van der Waals surface area contributed by atoms with Crippen molar-refractivity contribution in [3.05, 3.63) is 108 Å². The van der Waals surface area contributed by atoms with Crippen LogP contribution in [0.4, 0.5) is 0 Å². The van der Waals surface area contributed by atoms with Crippen LogP contribution in [-0.4, -0.2) is 30.4 Å². The Bertz CT molecular complexity index is 1090. The lowest BCUT2D eigenvalue weighted by Crippen LogP contribution is -2.43. The maximum atomic E-state index is 13.2. The summed E-state index contributed by atoms with van der Waals surface area (Å²) in [7, 11) is 0. The van der Waals surface area contributed by atoms with E-state index in [-0.39, 0.29) is 0 Å². The molecule has 6 heteroatoms. The Labute approximate surface area is 200 Å². The molecule has 0 unspecified atom stereocenters. The number of hydrogen-bond acceptors (Lipinski definition) is 5. The minimum Gasteiger partial charge on any atom is -0.490 e. The fourth-order valence-corrected chi connectivity index (χ4v) is 3.67. The molecular weight excluding hydrogens is 428 g/mol. The number of aliphatic hydroxyl groups is 1. The zero-order chi connectivity index (χ0) is 24.4. The van der Waals surface area contributed by atoms with Gasteiger partial charge in [0.2, 0.25) is 0 Å². The average molecular weight is 459 g/mol. The summed E-state index contributed by atoms with van der Waals surface area (Å²) in [5.41, 5.74) is 3.11. The molecule has 0 aliphatic rings. The van der Waals surface area contributed by atoms with E-state index in [2.05, 4.69) is 17.1 Å². The van der Waals surface area contributed by atoms with Crippen LogP contribution in [0.25, 0.3) is 0 Å². The van der Waals surface area contributed by atoms with Gasteiger partial charge in [0.15, 0.2) is 17.1 Å². The van der Waals surface area contributed by atoms with E-state index in [1.807, 2.05) is 32.0 Å². The van der Waals surface area contributed by atoms with Gasteiger partial charge in [0.25, 0.3) is 5.91 Å². The highest BCUT2D eigenvalue weighted by Crippen LogP contribution is 2.34. The van der Waals surface area contributed by atoms with Gasteiger partial charge in [-0.25, -0.2) is 5.43 Å². The van der Waals surface area contributed by atoms with Crippen molar-refractivity contribution in [3.63, 3.8) is 0 Å². The van der Waals surface area contributed by atoms with Gasteiger partial charge in [0.05, 0.1) is 19.4 Å². The van der Waals surface area contributed by atoms with Gasteiger partial charge in [-0.2, -0.15) is 5.10 Å². The lowest BCUT2D eigenvalue weighted by atomic mass is 9.85. The van der Waals surface area contributed by atoms with Crippen molar-refractivity contribution in [3.8, 4) is 11.5 Å². The summed E-state index contributed by atoms with van der Waals surface area (Å²) in [5.74, 6) is 0.609. The van der Waals surface area contributed by atoms with Crippen molar-refractivity contribution < 1.29 is 19.4 Å². The fourth-order valence-electron chi connectivity index (χ4n) is 3.67. The van der Waals surface area contributed by atoms with Crippen LogP contribution in [-0.2, 0) is 16.8 Å². The molecule has 0 bridgehead atoms. The van der Waals surface area contributed by atoms with E-state index >= 15 is 0 Å². The van der Waals surface area contributed by atoms with Crippen molar-refractivity contribution in [2.24, 2.45) is 5.10 Å². The number of carbonyl (C=O) groups excluding carboxylic acids is 1. The highest BCUT2D eigenvalue weighted by Gasteiger charge is 2.39. The van der Waals surface area contributed by atoms with Gasteiger partial charge in [-0.1, -0.05) is 66.7 Å². The molecule has 3 aromatic rings. The molecule has 34 heavy (non-hydrogen) atoms. The molecule has 0 fully saturated rings. The third-order valence-electron chi connectivity index (χ3n) is 5.20. The first-order valence-electron chi connectivity index (χ1n) is 11.2. The summed E-state index contributed by atoms with van der Waals surface area (Å²) in [5, 5.41) is 15.6. The third-order valence-corrected chi connectivity index (χ3v) is 5.20. The van der Waals surface area contributed by atoms with Crippen molar-refractivity contribution in [2.45, 2.75) is 25.9 Å². The summed E-state index contributed by atoms with van der Waals surface area (Å²) >= 11 is 0. The molecule has 0 atom stereocenters. The van der Waals surface area contributed by atoms with Crippen LogP contribution >= 0.6 is 0 Å². The van der Waals surface area contributed by atoms with E-state index in [4.69, 9.17) is 9.47 Å². The van der Waals surface area contributed by atoms with Crippen LogP contribution in [0.1, 0.15) is 36.1 Å². The summed E-state index contributed by atoms with van der Waals surface area (Å²) < 4.78 is 11.6. The first-order chi connectivity index (χ1) is 16.5. The molecule has 0 radical (unpaired) electrons. The predicted octanol–water partition coefficient (Wildman–Crippen LogP) is 4.60. The second-order valence-corrected chi connectivity index (χ2v) is 7.51. The Morgan fingerprint density at radius 3 is 2.12 bits per heavy atom. The van der Waals surface area contributed by atoms with Crippen molar-refractivity contribution >= 4 is 12.1 Å². The second kappa shape index (κ2) is 11.8. The van der Waals surface area contributed by atoms with Crippen LogP contribution in [0.3, 0.4) is 0 Å². The minimum absolute atomic E-state index is 0.446. The highest BCUT2D eigenvalue weighted by atomic mass is 16.5. The van der Waals surface area contributed by atoms with Crippen LogP contribution in [0, 0.1) is 0 Å². The monoisotopic (exact) mass is 458 g/mol. The van der Waals surface area contributed by atoms with Crippen LogP contribution < -0.4 is 14.9 Å². The molecule has 0 aliphatic carbocycles. The molecular formula is C28H30N2O4. The molecule has 0 heterocycles. The molecule has 3 aromatic carbocycles. The molecule has 0 spiro atoms. The SMILES string of the molecule is C=CCc1cc(/C=N\NC(=O)C(O)(c2ccccc2)c2ccccc2)cc(OCC)c1OCC. The molecule has 0 aromatic heterocycles. The highest BCUT2D eigenvalue weighted by molar-refractivity contribution is 5.91. The van der Waals surface area contributed by atoms with Gasteiger partial charge in [0, 0.05) is 5.56 Å². The van der Waals surface area contributed by atoms with Gasteiger partial charge in [0.1, 0.15) is 0 Å². The number of hydrogen-bond donors (Lipinski definition) is 2. The van der Waals surface area contributed by atoms with Crippen LogP contribution in [0.5, 0.6) is 11.5 Å². The van der Waals surface area contributed by atoms with Crippen molar-refractivity contribution in [2.75, 3.05) is 13.2 Å². The number of carbonyl (C=O) groups is 1. The van der Waals surface area contributed by atoms with Crippen molar-refractivity contribution in [1.29, 1.82) is 0 Å². The standard InChI is InChI=1S/C28H30N2O4/c1-4-13-22-18-21(19-25(33-5-2)26(22)34-6-3)20-29-30-27(31)28(32,23-14-9-7-10-15-23)24-16-11-8-12-17-24/h4,7-12,14-20,32H,1,5-6,13H2,2-3H3,(H,30,31)/b29-20-. The largest absolute Gasteiger partial charge is 0.490 e. The topological polar surface area (TPSA) is 80.2 Å². The smallest absolute Gasteiger partial charge is 0.281 e. The minimum atomic E-state index is -1.90. The summed E-state index contributed by atoms with van der Waals surface area (Å²) in [4.78, 5) is 13.2. The number of nitrogens with zero attached hydrogens (tertiary/aromatic N) is 1. The Kier molecular flexibility index (Phi) is 8.60. The molecule has 2 N–H and O–H groups in total. The van der Waals surface area contributed by atoms with Gasteiger partial charge in [-0.3, -0.25) is 4.79 Å². The Morgan fingerprint density at radius 2 is 1.59 bits per heavy atom. The molecule has 0 aliphatic heterocycles. The lowest BCUT2D eigenvalue weighted by Gasteiger charge is -2.27. The first-order valence-corrected chi connectivity index (χ1v) is 11.2. The number of nitrogens with one attached hydrogen (secondary N) is 1. The van der Waals surface area contributed by atoms with E-state index in [1.54, 1.807) is 60.7 Å². The average Bonchev–Trinajstić information content (AvgIpc) is 2.87. The number of rotatable bonds is 11. The Hall–Kier alpha value is -3.90. The molecule has 1 amide bonds. The zero-order valence-corrected chi connectivity index (χ0v) is 19.5. The predicted molar refractivity (Wildman–Crippen MR) is 134 cm³/mol. The normalized spacial score (nSPS) is 11.3. The number of ether oxygens (including phenoxy) is 2. The van der Waals surface area contributed by atoms with E-state index < -0.39 is 11.5 Å². The Balaban J connectivity index is 1.91. The third kappa shape index (κ3) is 5.53. The van der Waals surface area contributed by atoms with Gasteiger partial charge in [-0.15, -0.1) is 6.58 Å². The van der Waals surface area contributed by atoms with Gasteiger partial charge >= 0.3 is 0 Å². The number of amides is 1. The number of benzene rings is 3. The van der Waals surface area contributed by atoms with E-state index in [0.717, 1.165) is 5.56 Å². The molecule has 6 nitrogen and oxygen atoms in total. The second-order valence-electron chi connectivity index (χ2n) is 7.51. The lowest BCUT2D eigenvalue weighted by molar-refractivity contribution is -0.136. The van der Waals surface area contributed by atoms with E-state index in [1.165, 1.54) is 6.21 Å². The molecule has 0 saturated heterocycles. The quantitative estimate of drug-likeness (QED) is 0.250. The fraction of sp³-hybridized carbons (Fsp3) is 0.214. The van der Waals surface area contributed by atoms with Crippen LogP contribution in [0.2, 0.25) is 0 Å². The maximum absolute atomic E-state index is 13.2. The van der Waals surface area contributed by atoms with Crippen molar-refractivity contribution in [1.82, 2.24) is 5.43 Å². The van der Waals surface area contributed by atoms with Gasteiger partial charge in [-0.05, 0) is 49.1 Å². The zero-order valence-electron chi connectivity index (χ0n) is 19.5. The maximum Gasteiger partial charge on any atom is 0.281 e. The van der Waals surface area contributed by atoms with Gasteiger partial charge < -0.3 is 14.6 Å². The number of hydrazone groups is 1. The Morgan fingerprint density at radius 1 is 1.00 bits per heavy atom. The first kappa shape index (κ1) is 24.7. The molecule has 0 saturated carbocycles. The van der Waals surface area contributed by atoms with E-state index in [9.17, 15) is 9.90 Å².